The number of anilines is 2. The van der Waals surface area contributed by atoms with E-state index in [2.05, 4.69) is 15.5 Å². The number of piperidine rings is 2. The molecule has 0 atom stereocenters. The molecule has 2 aliphatic heterocycles. The first-order valence-corrected chi connectivity index (χ1v) is 9.83. The Bertz CT molecular complexity index is 635. The van der Waals surface area contributed by atoms with Crippen LogP contribution in [0.25, 0.3) is 0 Å². The molecule has 142 valence electrons. The molecule has 6 heteroatoms. The molecule has 26 heavy (non-hydrogen) atoms. The number of amides is 2. The molecular weight excluding hydrogens is 328 g/mol. The first kappa shape index (κ1) is 18.7. The Morgan fingerprint density at radius 1 is 1.15 bits per heavy atom. The predicted octanol–water partition coefficient (Wildman–Crippen LogP) is 2.49. The van der Waals surface area contributed by atoms with Crippen LogP contribution in [0.2, 0.25) is 0 Å². The van der Waals surface area contributed by atoms with Crippen molar-refractivity contribution in [1.82, 2.24) is 5.32 Å². The summed E-state index contributed by atoms with van der Waals surface area (Å²) in [6.07, 6.45) is 7.27. The third kappa shape index (κ3) is 4.97. The molecule has 2 saturated heterocycles. The van der Waals surface area contributed by atoms with Gasteiger partial charge >= 0.3 is 0 Å². The summed E-state index contributed by atoms with van der Waals surface area (Å²) < 4.78 is 0. The van der Waals surface area contributed by atoms with Crippen molar-refractivity contribution in [2.75, 3.05) is 36.4 Å². The van der Waals surface area contributed by atoms with Crippen molar-refractivity contribution < 1.29 is 9.59 Å². The summed E-state index contributed by atoms with van der Waals surface area (Å²) in [7, 11) is 0. The Hall–Kier alpha value is -2.08. The number of hydrogen-bond acceptors (Lipinski definition) is 4. The molecule has 4 N–H and O–H groups in total. The maximum atomic E-state index is 12.5. The summed E-state index contributed by atoms with van der Waals surface area (Å²) in [5.41, 5.74) is 7.55. The summed E-state index contributed by atoms with van der Waals surface area (Å²) in [6, 6.07) is 5.37. The number of nitrogens with two attached hydrogens (primary N) is 1. The molecule has 2 aliphatic rings. The lowest BCUT2D eigenvalue weighted by atomic mass is 9.93. The molecule has 0 unspecified atom stereocenters. The van der Waals surface area contributed by atoms with Crippen molar-refractivity contribution in [2.24, 2.45) is 11.7 Å². The van der Waals surface area contributed by atoms with Crippen molar-refractivity contribution >= 4 is 23.2 Å². The van der Waals surface area contributed by atoms with E-state index in [1.807, 2.05) is 6.07 Å². The van der Waals surface area contributed by atoms with Crippen molar-refractivity contribution in [3.63, 3.8) is 0 Å². The van der Waals surface area contributed by atoms with Crippen LogP contribution in [0.15, 0.2) is 18.2 Å². The van der Waals surface area contributed by atoms with Gasteiger partial charge in [-0.2, -0.15) is 0 Å². The van der Waals surface area contributed by atoms with Crippen molar-refractivity contribution in [3.8, 4) is 0 Å². The maximum Gasteiger partial charge on any atom is 0.248 e. The third-order valence-electron chi connectivity index (χ3n) is 5.49. The molecule has 6 nitrogen and oxygen atoms in total. The van der Waals surface area contributed by atoms with Gasteiger partial charge in [0.1, 0.15) is 0 Å². The molecule has 1 aromatic rings. The topological polar surface area (TPSA) is 87.5 Å². The zero-order chi connectivity index (χ0) is 18.4. The Morgan fingerprint density at radius 2 is 1.88 bits per heavy atom. The number of rotatable bonds is 6. The number of nitrogens with one attached hydrogen (secondary N) is 2. The first-order valence-electron chi connectivity index (χ1n) is 9.83. The van der Waals surface area contributed by atoms with Gasteiger partial charge in [-0.3, -0.25) is 9.59 Å². The SMILES string of the molecule is NC(=O)c1ccc(N2CCCCC2)c(NC(=O)CCC2CCNCC2)c1. The monoisotopic (exact) mass is 358 g/mol. The highest BCUT2D eigenvalue weighted by atomic mass is 16.2. The van der Waals surface area contributed by atoms with Crippen LogP contribution in [0.3, 0.4) is 0 Å². The number of primary amides is 1. The van der Waals surface area contributed by atoms with E-state index in [0.717, 1.165) is 64.0 Å². The fourth-order valence-corrected chi connectivity index (χ4v) is 3.92. The van der Waals surface area contributed by atoms with E-state index in [9.17, 15) is 9.59 Å². The van der Waals surface area contributed by atoms with Crippen LogP contribution in [-0.2, 0) is 4.79 Å². The van der Waals surface area contributed by atoms with Gasteiger partial charge < -0.3 is 21.3 Å². The van der Waals surface area contributed by atoms with E-state index in [-0.39, 0.29) is 5.91 Å². The van der Waals surface area contributed by atoms with Crippen LogP contribution in [0, 0.1) is 5.92 Å². The molecule has 2 amide bonds. The normalized spacial score (nSPS) is 18.5. The molecule has 2 fully saturated rings. The molecule has 3 rings (SSSR count). The van der Waals surface area contributed by atoms with Gasteiger partial charge in [-0.05, 0) is 75.7 Å². The fourth-order valence-electron chi connectivity index (χ4n) is 3.92. The van der Waals surface area contributed by atoms with E-state index in [1.54, 1.807) is 12.1 Å². The van der Waals surface area contributed by atoms with E-state index in [4.69, 9.17) is 5.73 Å². The zero-order valence-corrected chi connectivity index (χ0v) is 15.4. The van der Waals surface area contributed by atoms with Crippen molar-refractivity contribution in [1.29, 1.82) is 0 Å². The van der Waals surface area contributed by atoms with Crippen LogP contribution in [-0.4, -0.2) is 38.0 Å². The highest BCUT2D eigenvalue weighted by Crippen LogP contribution is 2.30. The van der Waals surface area contributed by atoms with Crippen LogP contribution < -0.4 is 21.3 Å². The number of carbonyl (C=O) groups is 2. The Morgan fingerprint density at radius 3 is 2.58 bits per heavy atom. The molecule has 0 aliphatic carbocycles. The minimum atomic E-state index is -0.472. The quantitative estimate of drug-likeness (QED) is 0.729. The lowest BCUT2D eigenvalue weighted by Crippen LogP contribution is -2.31. The van der Waals surface area contributed by atoms with Gasteiger partial charge in [-0.25, -0.2) is 0 Å². The smallest absolute Gasteiger partial charge is 0.248 e. The first-order chi connectivity index (χ1) is 12.6. The second-order valence-electron chi connectivity index (χ2n) is 7.42. The Balaban J connectivity index is 1.67. The van der Waals surface area contributed by atoms with E-state index in [1.165, 1.54) is 6.42 Å². The average Bonchev–Trinajstić information content (AvgIpc) is 2.68. The fraction of sp³-hybridized carbons (Fsp3) is 0.600. The molecule has 0 aromatic heterocycles. The summed E-state index contributed by atoms with van der Waals surface area (Å²) in [5, 5.41) is 6.39. The van der Waals surface area contributed by atoms with E-state index < -0.39 is 5.91 Å². The number of nitrogens with zero attached hydrogens (tertiary/aromatic N) is 1. The van der Waals surface area contributed by atoms with Gasteiger partial charge in [0.15, 0.2) is 0 Å². The van der Waals surface area contributed by atoms with Crippen LogP contribution in [0.1, 0.15) is 55.3 Å². The molecule has 1 aromatic carbocycles. The lowest BCUT2D eigenvalue weighted by molar-refractivity contribution is -0.116. The van der Waals surface area contributed by atoms with Crippen LogP contribution >= 0.6 is 0 Å². The maximum absolute atomic E-state index is 12.5. The van der Waals surface area contributed by atoms with Crippen LogP contribution in [0.4, 0.5) is 11.4 Å². The number of benzene rings is 1. The van der Waals surface area contributed by atoms with E-state index in [0.29, 0.717) is 23.6 Å². The zero-order valence-electron chi connectivity index (χ0n) is 15.4. The average molecular weight is 358 g/mol. The summed E-state index contributed by atoms with van der Waals surface area (Å²) in [6.45, 7) is 4.06. The highest BCUT2D eigenvalue weighted by molar-refractivity contribution is 5.99. The summed E-state index contributed by atoms with van der Waals surface area (Å²) in [5.74, 6) is 0.171. The van der Waals surface area contributed by atoms with Gasteiger partial charge in [0.25, 0.3) is 0 Å². The van der Waals surface area contributed by atoms with Gasteiger partial charge in [-0.15, -0.1) is 0 Å². The Labute approximate surface area is 155 Å². The van der Waals surface area contributed by atoms with E-state index >= 15 is 0 Å². The molecule has 0 radical (unpaired) electrons. The minimum Gasteiger partial charge on any atom is -0.370 e. The number of carbonyl (C=O) groups excluding carboxylic acids is 2. The molecule has 0 saturated carbocycles. The second-order valence-corrected chi connectivity index (χ2v) is 7.42. The van der Waals surface area contributed by atoms with Gasteiger partial charge in [0.2, 0.25) is 11.8 Å². The van der Waals surface area contributed by atoms with Gasteiger partial charge in [0, 0.05) is 25.1 Å². The molecule has 0 spiro atoms. The van der Waals surface area contributed by atoms with Crippen molar-refractivity contribution in [2.45, 2.75) is 44.9 Å². The van der Waals surface area contributed by atoms with Crippen LogP contribution in [0.5, 0.6) is 0 Å². The number of hydrogen-bond donors (Lipinski definition) is 3. The molecule has 0 bridgehead atoms. The van der Waals surface area contributed by atoms with Gasteiger partial charge in [-0.1, -0.05) is 0 Å². The lowest BCUT2D eigenvalue weighted by Gasteiger charge is -2.31. The third-order valence-corrected chi connectivity index (χ3v) is 5.49. The minimum absolute atomic E-state index is 0.0170. The Kier molecular flexibility index (Phi) is 6.50. The molecule has 2 heterocycles. The summed E-state index contributed by atoms with van der Waals surface area (Å²) in [4.78, 5) is 26.3. The predicted molar refractivity (Wildman–Crippen MR) is 104 cm³/mol. The highest BCUT2D eigenvalue weighted by Gasteiger charge is 2.19. The molecular formula is C20H30N4O2. The second kappa shape index (κ2) is 9.03. The summed E-state index contributed by atoms with van der Waals surface area (Å²) >= 11 is 0. The van der Waals surface area contributed by atoms with Gasteiger partial charge in [0.05, 0.1) is 11.4 Å². The van der Waals surface area contributed by atoms with Crippen molar-refractivity contribution in [3.05, 3.63) is 23.8 Å². The largest absolute Gasteiger partial charge is 0.370 e. The standard InChI is InChI=1S/C20H30N4O2/c21-20(26)16-5-6-18(24-12-2-1-3-13-24)17(14-16)23-19(25)7-4-15-8-10-22-11-9-15/h5-6,14-15,22H,1-4,7-13H2,(H2,21,26)(H,23,25).